The SMILES string of the molecule is CC(C)(C)NC(=O)c1oc2ccccc2c1NC(=O)c1cccc([N+](=O)[O-])c1. The summed E-state index contributed by atoms with van der Waals surface area (Å²) in [5.74, 6) is -1.09. The predicted octanol–water partition coefficient (Wildman–Crippen LogP) is 4.12. The van der Waals surface area contributed by atoms with Gasteiger partial charge in [-0.1, -0.05) is 18.2 Å². The minimum atomic E-state index is -0.583. The zero-order chi connectivity index (χ0) is 20.5. The standard InChI is InChI=1S/C20H19N3O5/c1-20(2,3)22-19(25)17-16(14-9-4-5-10-15(14)28-17)21-18(24)12-7-6-8-13(11-12)23(26)27/h4-11H,1-3H3,(H,21,24)(H,22,25). The van der Waals surface area contributed by atoms with Gasteiger partial charge in [-0.05, 0) is 39.0 Å². The number of benzene rings is 2. The second kappa shape index (κ2) is 7.15. The van der Waals surface area contributed by atoms with Crippen molar-refractivity contribution in [2.24, 2.45) is 0 Å². The van der Waals surface area contributed by atoms with Crippen molar-refractivity contribution in [3.63, 3.8) is 0 Å². The number of nitro benzene ring substituents is 1. The van der Waals surface area contributed by atoms with E-state index in [1.807, 2.05) is 20.8 Å². The molecule has 0 aliphatic heterocycles. The number of rotatable bonds is 4. The average molecular weight is 381 g/mol. The van der Waals surface area contributed by atoms with E-state index in [4.69, 9.17) is 4.42 Å². The van der Waals surface area contributed by atoms with E-state index in [1.165, 1.54) is 24.3 Å². The van der Waals surface area contributed by atoms with Crippen molar-refractivity contribution >= 4 is 34.2 Å². The van der Waals surface area contributed by atoms with Crippen LogP contribution in [-0.4, -0.2) is 22.3 Å². The molecule has 1 heterocycles. The Hall–Kier alpha value is -3.68. The van der Waals surface area contributed by atoms with Crippen molar-refractivity contribution in [1.82, 2.24) is 5.32 Å². The van der Waals surface area contributed by atoms with Crippen LogP contribution in [0.3, 0.4) is 0 Å². The van der Waals surface area contributed by atoms with Crippen LogP contribution in [0.5, 0.6) is 0 Å². The zero-order valence-corrected chi connectivity index (χ0v) is 15.6. The molecule has 0 radical (unpaired) electrons. The van der Waals surface area contributed by atoms with E-state index < -0.39 is 22.3 Å². The summed E-state index contributed by atoms with van der Waals surface area (Å²) in [4.78, 5) is 35.7. The lowest BCUT2D eigenvalue weighted by Crippen LogP contribution is -2.40. The van der Waals surface area contributed by atoms with Crippen LogP contribution in [0.1, 0.15) is 41.7 Å². The number of carbonyl (C=O) groups excluding carboxylic acids is 2. The van der Waals surface area contributed by atoms with Gasteiger partial charge in [-0.3, -0.25) is 19.7 Å². The Morgan fingerprint density at radius 3 is 2.43 bits per heavy atom. The van der Waals surface area contributed by atoms with Gasteiger partial charge in [-0.25, -0.2) is 0 Å². The highest BCUT2D eigenvalue weighted by Crippen LogP contribution is 2.31. The Morgan fingerprint density at radius 2 is 1.75 bits per heavy atom. The Kier molecular flexibility index (Phi) is 4.87. The quantitative estimate of drug-likeness (QED) is 0.521. The summed E-state index contributed by atoms with van der Waals surface area (Å²) in [6, 6.07) is 12.3. The Morgan fingerprint density at radius 1 is 1.04 bits per heavy atom. The molecule has 8 nitrogen and oxygen atoms in total. The molecule has 0 spiro atoms. The number of nitrogens with zero attached hydrogens (tertiary/aromatic N) is 1. The summed E-state index contributed by atoms with van der Waals surface area (Å²) in [7, 11) is 0. The first-order valence-corrected chi connectivity index (χ1v) is 8.55. The number of amides is 2. The number of hydrogen-bond donors (Lipinski definition) is 2. The lowest BCUT2D eigenvalue weighted by Gasteiger charge is -2.20. The molecular formula is C20H19N3O5. The molecule has 2 aromatic carbocycles. The summed E-state index contributed by atoms with van der Waals surface area (Å²) in [5.41, 5.74) is 0.0546. The first-order valence-electron chi connectivity index (χ1n) is 8.55. The highest BCUT2D eigenvalue weighted by atomic mass is 16.6. The Labute approximate surface area is 160 Å². The maximum atomic E-state index is 12.7. The highest BCUT2D eigenvalue weighted by molar-refractivity contribution is 6.14. The molecule has 0 atom stereocenters. The molecule has 0 saturated heterocycles. The molecule has 3 aromatic rings. The van der Waals surface area contributed by atoms with Gasteiger partial charge >= 0.3 is 0 Å². The van der Waals surface area contributed by atoms with E-state index in [9.17, 15) is 19.7 Å². The number of nitro groups is 1. The summed E-state index contributed by atoms with van der Waals surface area (Å²) in [6.45, 7) is 5.48. The van der Waals surface area contributed by atoms with Crippen LogP contribution in [0, 0.1) is 10.1 Å². The largest absolute Gasteiger partial charge is 0.449 e. The summed E-state index contributed by atoms with van der Waals surface area (Å²) in [6.07, 6.45) is 0. The summed E-state index contributed by atoms with van der Waals surface area (Å²) in [5, 5.41) is 17.0. The van der Waals surface area contributed by atoms with Crippen molar-refractivity contribution in [1.29, 1.82) is 0 Å². The normalized spacial score (nSPS) is 11.2. The summed E-state index contributed by atoms with van der Waals surface area (Å²) < 4.78 is 5.67. The lowest BCUT2D eigenvalue weighted by atomic mass is 10.1. The van der Waals surface area contributed by atoms with Crippen LogP contribution in [0.25, 0.3) is 11.0 Å². The fourth-order valence-electron chi connectivity index (χ4n) is 2.67. The van der Waals surface area contributed by atoms with Crippen LogP contribution in [0.4, 0.5) is 11.4 Å². The fraction of sp³-hybridized carbons (Fsp3) is 0.200. The zero-order valence-electron chi connectivity index (χ0n) is 15.6. The molecule has 0 saturated carbocycles. The smallest absolute Gasteiger partial charge is 0.289 e. The molecule has 28 heavy (non-hydrogen) atoms. The van der Waals surface area contributed by atoms with Gasteiger partial charge in [0.1, 0.15) is 11.3 Å². The maximum Gasteiger partial charge on any atom is 0.289 e. The van der Waals surface area contributed by atoms with Gasteiger partial charge in [-0.2, -0.15) is 0 Å². The number of furan rings is 1. The number of anilines is 1. The number of nitrogens with one attached hydrogen (secondary N) is 2. The minimum absolute atomic E-state index is 0.0325. The van der Waals surface area contributed by atoms with E-state index in [0.717, 1.165) is 0 Å². The van der Waals surface area contributed by atoms with Gasteiger partial charge in [0, 0.05) is 28.6 Å². The van der Waals surface area contributed by atoms with E-state index in [2.05, 4.69) is 10.6 Å². The monoisotopic (exact) mass is 381 g/mol. The molecule has 0 aliphatic carbocycles. The second-order valence-corrected chi connectivity index (χ2v) is 7.27. The topological polar surface area (TPSA) is 114 Å². The number of para-hydroxylation sites is 1. The molecule has 0 fully saturated rings. The van der Waals surface area contributed by atoms with Crippen molar-refractivity contribution in [2.45, 2.75) is 26.3 Å². The van der Waals surface area contributed by atoms with Crippen LogP contribution in [-0.2, 0) is 0 Å². The number of non-ortho nitro benzene ring substituents is 1. The molecule has 3 rings (SSSR count). The summed E-state index contributed by atoms with van der Waals surface area (Å²) >= 11 is 0. The molecule has 2 N–H and O–H groups in total. The van der Waals surface area contributed by atoms with Crippen molar-refractivity contribution < 1.29 is 18.9 Å². The number of fused-ring (bicyclic) bond motifs is 1. The van der Waals surface area contributed by atoms with Crippen molar-refractivity contribution in [2.75, 3.05) is 5.32 Å². The lowest BCUT2D eigenvalue weighted by molar-refractivity contribution is -0.384. The van der Waals surface area contributed by atoms with Gasteiger partial charge in [0.05, 0.1) is 4.92 Å². The third-order valence-electron chi connectivity index (χ3n) is 3.85. The van der Waals surface area contributed by atoms with Gasteiger partial charge in [0.15, 0.2) is 0 Å². The molecule has 1 aromatic heterocycles. The van der Waals surface area contributed by atoms with E-state index in [0.29, 0.717) is 11.0 Å². The van der Waals surface area contributed by atoms with Crippen LogP contribution < -0.4 is 10.6 Å². The second-order valence-electron chi connectivity index (χ2n) is 7.27. The van der Waals surface area contributed by atoms with Crippen LogP contribution in [0.2, 0.25) is 0 Å². The van der Waals surface area contributed by atoms with Gasteiger partial charge in [-0.15, -0.1) is 0 Å². The van der Waals surface area contributed by atoms with Crippen LogP contribution >= 0.6 is 0 Å². The third-order valence-corrected chi connectivity index (χ3v) is 3.85. The molecule has 144 valence electrons. The fourth-order valence-corrected chi connectivity index (χ4v) is 2.67. The first-order chi connectivity index (χ1) is 13.2. The molecule has 2 amide bonds. The highest BCUT2D eigenvalue weighted by Gasteiger charge is 2.25. The van der Waals surface area contributed by atoms with E-state index >= 15 is 0 Å². The number of carbonyl (C=O) groups is 2. The Balaban J connectivity index is 2.01. The maximum absolute atomic E-state index is 12.7. The first kappa shape index (κ1) is 19.1. The molecule has 0 bridgehead atoms. The molecule has 8 heteroatoms. The average Bonchev–Trinajstić information content (AvgIpc) is 2.99. The minimum Gasteiger partial charge on any atom is -0.449 e. The van der Waals surface area contributed by atoms with Crippen LogP contribution in [0.15, 0.2) is 52.9 Å². The molecular weight excluding hydrogens is 362 g/mol. The van der Waals surface area contributed by atoms with E-state index in [-0.39, 0.29) is 22.7 Å². The molecule has 0 aliphatic rings. The van der Waals surface area contributed by atoms with Crippen molar-refractivity contribution in [3.8, 4) is 0 Å². The third kappa shape index (κ3) is 4.01. The Bertz CT molecular complexity index is 1080. The molecule has 0 unspecified atom stereocenters. The van der Waals surface area contributed by atoms with Crippen molar-refractivity contribution in [3.05, 3.63) is 70.0 Å². The van der Waals surface area contributed by atoms with E-state index in [1.54, 1.807) is 24.3 Å². The van der Waals surface area contributed by atoms with Gasteiger partial charge < -0.3 is 15.1 Å². The van der Waals surface area contributed by atoms with Gasteiger partial charge in [0.2, 0.25) is 5.76 Å². The van der Waals surface area contributed by atoms with Gasteiger partial charge in [0.25, 0.3) is 17.5 Å². The predicted molar refractivity (Wildman–Crippen MR) is 104 cm³/mol. The number of hydrogen-bond acceptors (Lipinski definition) is 5.